The lowest BCUT2D eigenvalue weighted by molar-refractivity contribution is -0.128. The minimum absolute atomic E-state index is 0.0436. The summed E-state index contributed by atoms with van der Waals surface area (Å²) in [6.07, 6.45) is 8.10. The highest BCUT2D eigenvalue weighted by Gasteiger charge is 2.51. The molecule has 5 fully saturated rings. The Bertz CT molecular complexity index is 742. The van der Waals surface area contributed by atoms with Crippen molar-refractivity contribution in [3.05, 3.63) is 30.1 Å². The number of hydrogen-bond donors (Lipinski definition) is 1. The fourth-order valence-electron chi connectivity index (χ4n) is 6.71. The number of halogens is 1. The summed E-state index contributed by atoms with van der Waals surface area (Å²) in [4.78, 5) is 26.5. The third-order valence-corrected chi connectivity index (χ3v) is 7.44. The molecule has 1 aromatic rings. The molecule has 1 unspecified atom stereocenters. The fourth-order valence-corrected chi connectivity index (χ4v) is 6.71. The molecule has 5 aliphatic rings. The van der Waals surface area contributed by atoms with E-state index in [9.17, 15) is 14.0 Å². The van der Waals surface area contributed by atoms with Crippen LogP contribution in [0.15, 0.2) is 24.3 Å². The Morgan fingerprint density at radius 2 is 1.74 bits per heavy atom. The van der Waals surface area contributed by atoms with Crippen LogP contribution in [0.25, 0.3) is 0 Å². The third kappa shape index (κ3) is 3.05. The van der Waals surface area contributed by atoms with Crippen LogP contribution in [-0.2, 0) is 9.59 Å². The van der Waals surface area contributed by atoms with E-state index in [-0.39, 0.29) is 41.8 Å². The number of hydrogen-bond acceptors (Lipinski definition) is 2. The normalized spacial score (nSPS) is 37.1. The van der Waals surface area contributed by atoms with Gasteiger partial charge in [0, 0.05) is 19.5 Å². The van der Waals surface area contributed by atoms with Gasteiger partial charge in [-0.2, -0.15) is 0 Å². The van der Waals surface area contributed by atoms with Crippen molar-refractivity contribution < 1.29 is 14.0 Å². The summed E-state index contributed by atoms with van der Waals surface area (Å²) in [6.45, 7) is 1.02. The second kappa shape index (κ2) is 6.32. The van der Waals surface area contributed by atoms with Crippen LogP contribution in [0.5, 0.6) is 0 Å². The lowest BCUT2D eigenvalue weighted by Crippen LogP contribution is -2.51. The molecule has 5 heteroatoms. The van der Waals surface area contributed by atoms with Crippen LogP contribution >= 0.6 is 0 Å². The molecule has 4 aliphatic carbocycles. The predicted octanol–water partition coefficient (Wildman–Crippen LogP) is 3.51. The van der Waals surface area contributed by atoms with E-state index in [0.29, 0.717) is 0 Å². The number of carbonyl (C=O) groups is 2. The standard InChI is InChI=1S/C22H27FN2O2/c23-18-3-1-2-4-19(18)25-12-17(8-20(25)26)21(27)24-13-22-9-14-5-15(10-22)7-16(6-14)11-22/h1-4,14-17H,5-13H2,(H,24,27). The molecule has 6 rings (SSSR count). The number of para-hydroxylation sites is 1. The van der Waals surface area contributed by atoms with Gasteiger partial charge in [-0.15, -0.1) is 0 Å². The predicted molar refractivity (Wildman–Crippen MR) is 100 cm³/mol. The van der Waals surface area contributed by atoms with E-state index in [1.807, 2.05) is 0 Å². The van der Waals surface area contributed by atoms with Crippen LogP contribution in [0, 0.1) is 34.9 Å². The second-order valence-electron chi connectivity index (χ2n) is 9.49. The monoisotopic (exact) mass is 370 g/mol. The maximum absolute atomic E-state index is 14.0. The fraction of sp³-hybridized carbons (Fsp3) is 0.636. The Balaban J connectivity index is 1.22. The van der Waals surface area contributed by atoms with Crippen LogP contribution in [-0.4, -0.2) is 24.9 Å². The van der Waals surface area contributed by atoms with Gasteiger partial charge in [-0.1, -0.05) is 12.1 Å². The highest BCUT2D eigenvalue weighted by Crippen LogP contribution is 2.59. The number of amides is 2. The Kier molecular flexibility index (Phi) is 4.03. The van der Waals surface area contributed by atoms with Gasteiger partial charge in [-0.25, -0.2) is 4.39 Å². The maximum atomic E-state index is 14.0. The molecule has 144 valence electrons. The Hall–Kier alpha value is -1.91. The zero-order chi connectivity index (χ0) is 18.6. The minimum atomic E-state index is -0.416. The first-order chi connectivity index (χ1) is 13.0. The second-order valence-corrected chi connectivity index (χ2v) is 9.49. The van der Waals surface area contributed by atoms with Crippen molar-refractivity contribution in [2.75, 3.05) is 18.0 Å². The lowest BCUT2D eigenvalue weighted by Gasteiger charge is -2.57. The minimum Gasteiger partial charge on any atom is -0.355 e. The number of anilines is 1. The van der Waals surface area contributed by atoms with Crippen LogP contribution in [0.3, 0.4) is 0 Å². The Morgan fingerprint density at radius 3 is 2.37 bits per heavy atom. The van der Waals surface area contributed by atoms with Crippen molar-refractivity contribution >= 4 is 17.5 Å². The molecular weight excluding hydrogens is 343 g/mol. The van der Waals surface area contributed by atoms with E-state index in [2.05, 4.69) is 5.32 Å². The first kappa shape index (κ1) is 17.2. The average Bonchev–Trinajstić information content (AvgIpc) is 3.01. The molecule has 1 heterocycles. The van der Waals surface area contributed by atoms with Crippen LogP contribution in [0.2, 0.25) is 0 Å². The van der Waals surface area contributed by atoms with Gasteiger partial charge in [0.1, 0.15) is 5.82 Å². The number of nitrogens with zero attached hydrogens (tertiary/aromatic N) is 1. The molecular formula is C22H27FN2O2. The van der Waals surface area contributed by atoms with Gasteiger partial charge >= 0.3 is 0 Å². The van der Waals surface area contributed by atoms with E-state index in [0.717, 1.165) is 24.3 Å². The Labute approximate surface area is 159 Å². The zero-order valence-electron chi connectivity index (χ0n) is 15.6. The van der Waals surface area contributed by atoms with E-state index in [1.165, 1.54) is 49.5 Å². The number of rotatable bonds is 4. The molecule has 4 bridgehead atoms. The molecule has 1 atom stereocenters. The van der Waals surface area contributed by atoms with Crippen LogP contribution in [0.4, 0.5) is 10.1 Å². The van der Waals surface area contributed by atoms with Crippen molar-refractivity contribution in [3.8, 4) is 0 Å². The quantitative estimate of drug-likeness (QED) is 0.882. The summed E-state index contributed by atoms with van der Waals surface area (Å²) in [5.74, 6) is 1.56. The molecule has 4 saturated carbocycles. The van der Waals surface area contributed by atoms with E-state index >= 15 is 0 Å². The molecule has 0 aromatic heterocycles. The molecule has 0 radical (unpaired) electrons. The van der Waals surface area contributed by atoms with Gasteiger partial charge in [0.2, 0.25) is 11.8 Å². The molecule has 2 amide bonds. The van der Waals surface area contributed by atoms with Gasteiger partial charge in [-0.3, -0.25) is 9.59 Å². The number of nitrogens with one attached hydrogen (secondary N) is 1. The van der Waals surface area contributed by atoms with Crippen molar-refractivity contribution in [3.63, 3.8) is 0 Å². The Morgan fingerprint density at radius 1 is 1.11 bits per heavy atom. The SMILES string of the molecule is O=C(NCC12CC3CC(CC(C3)C1)C2)C1CC(=O)N(c2ccccc2F)C1. The first-order valence-electron chi connectivity index (χ1n) is 10.3. The van der Waals surface area contributed by atoms with E-state index in [1.54, 1.807) is 18.2 Å². The first-order valence-corrected chi connectivity index (χ1v) is 10.3. The summed E-state index contributed by atoms with van der Waals surface area (Å²) in [6, 6.07) is 6.27. The molecule has 1 saturated heterocycles. The highest BCUT2D eigenvalue weighted by atomic mass is 19.1. The molecule has 1 N–H and O–H groups in total. The van der Waals surface area contributed by atoms with Gasteiger partial charge in [-0.05, 0) is 73.8 Å². The molecule has 4 nitrogen and oxygen atoms in total. The van der Waals surface area contributed by atoms with Crippen LogP contribution in [0.1, 0.15) is 44.9 Å². The molecule has 1 aromatic carbocycles. The van der Waals surface area contributed by atoms with Gasteiger partial charge in [0.05, 0.1) is 11.6 Å². The maximum Gasteiger partial charge on any atom is 0.227 e. The largest absolute Gasteiger partial charge is 0.355 e. The van der Waals surface area contributed by atoms with Crippen molar-refractivity contribution in [2.45, 2.75) is 44.9 Å². The smallest absolute Gasteiger partial charge is 0.227 e. The summed E-state index contributed by atoms with van der Waals surface area (Å²) in [7, 11) is 0. The van der Waals surface area contributed by atoms with Gasteiger partial charge < -0.3 is 10.2 Å². The number of carbonyl (C=O) groups excluding carboxylic acids is 2. The average molecular weight is 370 g/mol. The van der Waals surface area contributed by atoms with Crippen molar-refractivity contribution in [2.24, 2.45) is 29.1 Å². The molecule has 27 heavy (non-hydrogen) atoms. The summed E-state index contributed by atoms with van der Waals surface area (Å²) in [5.41, 5.74) is 0.567. The molecule has 0 spiro atoms. The lowest BCUT2D eigenvalue weighted by atomic mass is 9.49. The highest BCUT2D eigenvalue weighted by molar-refractivity contribution is 6.00. The number of benzene rings is 1. The third-order valence-electron chi connectivity index (χ3n) is 7.44. The summed E-state index contributed by atoms with van der Waals surface area (Å²) >= 11 is 0. The van der Waals surface area contributed by atoms with Crippen molar-refractivity contribution in [1.82, 2.24) is 5.32 Å². The molecule has 1 aliphatic heterocycles. The zero-order valence-corrected chi connectivity index (χ0v) is 15.6. The van der Waals surface area contributed by atoms with E-state index in [4.69, 9.17) is 0 Å². The topological polar surface area (TPSA) is 49.4 Å². The van der Waals surface area contributed by atoms with Gasteiger partial charge in [0.15, 0.2) is 0 Å². The van der Waals surface area contributed by atoms with Gasteiger partial charge in [0.25, 0.3) is 0 Å². The van der Waals surface area contributed by atoms with Crippen LogP contribution < -0.4 is 10.2 Å². The van der Waals surface area contributed by atoms with Crippen molar-refractivity contribution in [1.29, 1.82) is 0 Å². The summed E-state index contributed by atoms with van der Waals surface area (Å²) in [5, 5.41) is 3.18. The van der Waals surface area contributed by atoms with E-state index < -0.39 is 5.82 Å². The summed E-state index contributed by atoms with van der Waals surface area (Å²) < 4.78 is 14.0.